The molecule has 0 unspecified atom stereocenters. The highest BCUT2D eigenvalue weighted by atomic mass is 32.2. The first-order valence-electron chi connectivity index (χ1n) is 9.00. The van der Waals surface area contributed by atoms with Crippen molar-refractivity contribution < 1.29 is 31.1 Å². The van der Waals surface area contributed by atoms with E-state index < -0.39 is 22.4 Å². The Balaban J connectivity index is 1.78. The molecule has 2 N–H and O–H groups in total. The molecule has 0 aliphatic carbocycles. The summed E-state index contributed by atoms with van der Waals surface area (Å²) in [6, 6.07) is 4.11. The summed E-state index contributed by atoms with van der Waals surface area (Å²) in [5.41, 5.74) is 0.312. The van der Waals surface area contributed by atoms with Crippen LogP contribution in [0, 0.1) is 0 Å². The molecule has 28 heavy (non-hydrogen) atoms. The number of nitrogens with zero attached hydrogens (tertiary/aromatic N) is 1. The molecule has 0 saturated carbocycles. The first-order valence-corrected chi connectivity index (χ1v) is 10.6. The molecule has 11 heteroatoms. The van der Waals surface area contributed by atoms with Gasteiger partial charge in [0.15, 0.2) is 0 Å². The van der Waals surface area contributed by atoms with Gasteiger partial charge in [0.1, 0.15) is 5.75 Å². The Morgan fingerprint density at radius 2 is 1.82 bits per heavy atom. The highest BCUT2D eigenvalue weighted by molar-refractivity contribution is 7.89. The van der Waals surface area contributed by atoms with E-state index in [1.165, 1.54) is 16.4 Å². The van der Waals surface area contributed by atoms with Gasteiger partial charge in [-0.1, -0.05) is 13.3 Å². The van der Waals surface area contributed by atoms with Crippen LogP contribution >= 0.6 is 0 Å². The molecule has 2 rings (SSSR count). The lowest BCUT2D eigenvalue weighted by Crippen LogP contribution is -2.48. The monoisotopic (exact) mass is 423 g/mol. The van der Waals surface area contributed by atoms with Crippen molar-refractivity contribution in [1.82, 2.24) is 9.62 Å². The van der Waals surface area contributed by atoms with Crippen LogP contribution in [0.15, 0.2) is 24.3 Å². The fraction of sp³-hybridized carbons (Fsp3) is 0.588. The predicted octanol–water partition coefficient (Wildman–Crippen LogP) is 3.30. The predicted molar refractivity (Wildman–Crippen MR) is 98.6 cm³/mol. The van der Waals surface area contributed by atoms with Crippen molar-refractivity contribution in [2.45, 2.75) is 45.0 Å². The van der Waals surface area contributed by atoms with Gasteiger partial charge < -0.3 is 15.4 Å². The third-order valence-electron chi connectivity index (χ3n) is 4.28. The molecule has 1 aliphatic rings. The molecule has 1 aromatic carbocycles. The largest absolute Gasteiger partial charge is 0.573 e. The standard InChI is InChI=1S/C17H24F3N3O4S/c1-2-3-12-28(25,26)23-10-8-14(9-11-23)22-16(24)21-13-4-6-15(7-5-13)27-17(18,19)20/h4-7,14H,2-3,8-12H2,1H3,(H2,21,22,24). The fourth-order valence-electron chi connectivity index (χ4n) is 2.83. The van der Waals surface area contributed by atoms with E-state index in [2.05, 4.69) is 15.4 Å². The lowest BCUT2D eigenvalue weighted by Gasteiger charge is -2.31. The number of carbonyl (C=O) groups is 1. The molecule has 1 aliphatic heterocycles. The van der Waals surface area contributed by atoms with Crippen molar-refractivity contribution in [2.75, 3.05) is 24.2 Å². The number of hydrogen-bond donors (Lipinski definition) is 2. The summed E-state index contributed by atoms with van der Waals surface area (Å²) in [7, 11) is -3.25. The molecular weight excluding hydrogens is 399 g/mol. The molecule has 1 fully saturated rings. The van der Waals surface area contributed by atoms with Crippen LogP contribution in [0.1, 0.15) is 32.6 Å². The summed E-state index contributed by atoms with van der Waals surface area (Å²) in [6.07, 6.45) is -2.35. The molecule has 0 bridgehead atoms. The molecule has 158 valence electrons. The average molecular weight is 423 g/mol. The van der Waals surface area contributed by atoms with E-state index >= 15 is 0 Å². The van der Waals surface area contributed by atoms with E-state index in [1.807, 2.05) is 6.92 Å². The van der Waals surface area contributed by atoms with E-state index in [-0.39, 0.29) is 17.5 Å². The highest BCUT2D eigenvalue weighted by Gasteiger charge is 2.31. The molecule has 0 radical (unpaired) electrons. The zero-order valence-corrected chi connectivity index (χ0v) is 16.3. The summed E-state index contributed by atoms with van der Waals surface area (Å²) in [5, 5.41) is 5.28. The third kappa shape index (κ3) is 7.19. The zero-order valence-electron chi connectivity index (χ0n) is 15.5. The van der Waals surface area contributed by atoms with Gasteiger partial charge >= 0.3 is 12.4 Å². The smallest absolute Gasteiger partial charge is 0.406 e. The highest BCUT2D eigenvalue weighted by Crippen LogP contribution is 2.24. The Morgan fingerprint density at radius 3 is 2.36 bits per heavy atom. The van der Waals surface area contributed by atoms with E-state index in [1.54, 1.807) is 0 Å². The normalized spacial score (nSPS) is 16.6. The number of hydrogen-bond acceptors (Lipinski definition) is 4. The number of amides is 2. The lowest BCUT2D eigenvalue weighted by atomic mass is 10.1. The molecule has 1 heterocycles. The molecule has 1 aromatic rings. The topological polar surface area (TPSA) is 87.7 Å². The number of urea groups is 1. The molecule has 0 spiro atoms. The lowest BCUT2D eigenvalue weighted by molar-refractivity contribution is -0.274. The van der Waals surface area contributed by atoms with E-state index in [0.717, 1.165) is 18.6 Å². The number of unbranched alkanes of at least 4 members (excludes halogenated alkanes) is 1. The average Bonchev–Trinajstić information content (AvgIpc) is 2.61. The molecular formula is C17H24F3N3O4S. The van der Waals surface area contributed by atoms with Gasteiger partial charge in [0, 0.05) is 24.8 Å². The Kier molecular flexibility index (Phi) is 7.53. The number of benzene rings is 1. The number of carbonyl (C=O) groups excluding carboxylic acids is 1. The van der Waals surface area contributed by atoms with Crippen molar-refractivity contribution >= 4 is 21.7 Å². The van der Waals surface area contributed by atoms with Gasteiger partial charge in [-0.2, -0.15) is 0 Å². The van der Waals surface area contributed by atoms with Crippen molar-refractivity contribution in [1.29, 1.82) is 0 Å². The zero-order chi connectivity index (χ0) is 20.8. The number of anilines is 1. The number of nitrogens with one attached hydrogen (secondary N) is 2. The summed E-state index contributed by atoms with van der Waals surface area (Å²) in [6.45, 7) is 2.63. The van der Waals surface area contributed by atoms with Crippen molar-refractivity contribution in [3.63, 3.8) is 0 Å². The van der Waals surface area contributed by atoms with E-state index in [4.69, 9.17) is 0 Å². The van der Waals surface area contributed by atoms with Gasteiger partial charge in [0.2, 0.25) is 10.0 Å². The van der Waals surface area contributed by atoms with Crippen molar-refractivity contribution in [3.8, 4) is 5.75 Å². The van der Waals surface area contributed by atoms with E-state index in [0.29, 0.717) is 38.0 Å². The van der Waals surface area contributed by atoms with Gasteiger partial charge in [-0.3, -0.25) is 0 Å². The minimum absolute atomic E-state index is 0.135. The summed E-state index contributed by atoms with van der Waals surface area (Å²) < 4.78 is 66.0. The molecule has 2 amide bonds. The van der Waals surface area contributed by atoms with Gasteiger partial charge in [0.05, 0.1) is 5.75 Å². The van der Waals surface area contributed by atoms with Crippen LogP contribution in [-0.2, 0) is 10.0 Å². The maximum absolute atomic E-state index is 12.2. The van der Waals surface area contributed by atoms with Crippen LogP contribution in [0.5, 0.6) is 5.75 Å². The van der Waals surface area contributed by atoms with Crippen LogP contribution < -0.4 is 15.4 Å². The van der Waals surface area contributed by atoms with Crippen molar-refractivity contribution in [2.24, 2.45) is 0 Å². The summed E-state index contributed by atoms with van der Waals surface area (Å²) in [5.74, 6) is -0.244. The van der Waals surface area contributed by atoms with Gasteiger partial charge in [-0.05, 0) is 43.5 Å². The molecule has 0 aromatic heterocycles. The maximum atomic E-state index is 12.2. The Bertz CT molecular complexity index is 746. The van der Waals surface area contributed by atoms with Gasteiger partial charge in [-0.25, -0.2) is 17.5 Å². The van der Waals surface area contributed by atoms with Crippen LogP contribution in [0.25, 0.3) is 0 Å². The van der Waals surface area contributed by atoms with Gasteiger partial charge in [0.25, 0.3) is 0 Å². The number of sulfonamides is 1. The number of ether oxygens (including phenoxy) is 1. The number of alkyl halides is 3. The first kappa shape index (κ1) is 22.3. The molecule has 0 atom stereocenters. The third-order valence-corrected chi connectivity index (χ3v) is 6.24. The SMILES string of the molecule is CCCCS(=O)(=O)N1CCC(NC(=O)Nc2ccc(OC(F)(F)F)cc2)CC1. The Labute approximate surface area is 162 Å². The van der Waals surface area contributed by atoms with Gasteiger partial charge in [-0.15, -0.1) is 13.2 Å². The minimum Gasteiger partial charge on any atom is -0.406 e. The second kappa shape index (κ2) is 9.46. The molecule has 7 nitrogen and oxygen atoms in total. The Hall–Kier alpha value is -2.01. The van der Waals surface area contributed by atoms with Crippen molar-refractivity contribution in [3.05, 3.63) is 24.3 Å². The first-order chi connectivity index (χ1) is 13.1. The number of rotatable bonds is 7. The van der Waals surface area contributed by atoms with Crippen LogP contribution in [0.4, 0.5) is 23.7 Å². The van der Waals surface area contributed by atoms with E-state index in [9.17, 15) is 26.4 Å². The second-order valence-corrected chi connectivity index (χ2v) is 8.60. The minimum atomic E-state index is -4.77. The van der Waals surface area contributed by atoms with Crippen LogP contribution in [-0.4, -0.2) is 50.0 Å². The Morgan fingerprint density at radius 1 is 1.21 bits per heavy atom. The number of piperidine rings is 1. The maximum Gasteiger partial charge on any atom is 0.573 e. The number of halogens is 3. The quantitative estimate of drug-likeness (QED) is 0.705. The summed E-state index contributed by atoms with van der Waals surface area (Å²) >= 11 is 0. The van der Waals surface area contributed by atoms with Crippen LogP contribution in [0.2, 0.25) is 0 Å². The van der Waals surface area contributed by atoms with Crippen LogP contribution in [0.3, 0.4) is 0 Å². The second-order valence-electron chi connectivity index (χ2n) is 6.51. The summed E-state index contributed by atoms with van der Waals surface area (Å²) in [4.78, 5) is 12.0. The fourth-order valence-corrected chi connectivity index (χ4v) is 4.51. The molecule has 1 saturated heterocycles.